The normalized spacial score (nSPS) is 15.9. The van der Waals surface area contributed by atoms with Crippen LogP contribution in [0.3, 0.4) is 0 Å². The molecule has 0 radical (unpaired) electrons. The summed E-state index contributed by atoms with van der Waals surface area (Å²) in [6.07, 6.45) is 5.54. The Morgan fingerprint density at radius 3 is 2.39 bits per heavy atom. The average molecular weight is 492 g/mol. The van der Waals surface area contributed by atoms with E-state index in [1.807, 2.05) is 79.3 Å². The van der Waals surface area contributed by atoms with Crippen LogP contribution in [0.15, 0.2) is 72.5 Å². The molecule has 1 aliphatic rings. The molecule has 2 aromatic rings. The number of likely N-dealkylation sites (N-methyl/N-ethyl adjacent to an activating group) is 1. The molecule has 1 heterocycles. The lowest BCUT2D eigenvalue weighted by atomic mass is 9.99. The summed E-state index contributed by atoms with van der Waals surface area (Å²) in [4.78, 5) is 28.5. The number of hydrogen-bond acceptors (Lipinski definition) is 4. The van der Waals surface area contributed by atoms with Crippen molar-refractivity contribution in [3.05, 3.63) is 78.0 Å². The number of nitrogens with zero attached hydrogens (tertiary/aromatic N) is 2. The van der Waals surface area contributed by atoms with Crippen LogP contribution in [0.25, 0.3) is 11.1 Å². The molecule has 6 heteroatoms. The number of carbonyl (C=O) groups is 2. The molecule has 0 saturated carbocycles. The molecule has 1 amide bonds. The highest BCUT2D eigenvalue weighted by Gasteiger charge is 2.29. The molecule has 2 aromatic carbocycles. The van der Waals surface area contributed by atoms with Crippen molar-refractivity contribution >= 4 is 17.6 Å². The first-order valence-corrected chi connectivity index (χ1v) is 12.7. The first kappa shape index (κ1) is 28.9. The molecule has 0 aliphatic carbocycles. The maximum Gasteiger partial charge on any atom is 0.320 e. The summed E-state index contributed by atoms with van der Waals surface area (Å²) in [5.41, 5.74) is 5.05. The molecule has 3 rings (SSSR count). The number of rotatable bonds is 8. The number of carboxylic acid groups (broad SMARTS) is 1. The molecule has 1 fully saturated rings. The third-order valence-electron chi connectivity index (χ3n) is 6.14. The minimum atomic E-state index is -0.793. The van der Waals surface area contributed by atoms with E-state index in [0.29, 0.717) is 18.5 Å². The van der Waals surface area contributed by atoms with Gasteiger partial charge in [-0.2, -0.15) is 0 Å². The summed E-state index contributed by atoms with van der Waals surface area (Å²) in [6, 6.07) is 15.4. The van der Waals surface area contributed by atoms with E-state index >= 15 is 0 Å². The fourth-order valence-corrected chi connectivity index (χ4v) is 4.15. The van der Waals surface area contributed by atoms with Crippen molar-refractivity contribution in [2.24, 2.45) is 0 Å². The first-order chi connectivity index (χ1) is 17.2. The SMILES string of the molecule is C=C(/C=C(/CN1CCCCC1C(=O)O)N(C)C)C(=O)Nc1cccc(-c2ccccc2)c1C.CCC. The van der Waals surface area contributed by atoms with E-state index in [-0.39, 0.29) is 5.91 Å². The van der Waals surface area contributed by atoms with Crippen molar-refractivity contribution in [1.82, 2.24) is 9.80 Å². The highest BCUT2D eigenvalue weighted by atomic mass is 16.4. The Bertz CT molecular complexity index is 1060. The predicted octanol–water partition coefficient (Wildman–Crippen LogP) is 5.96. The van der Waals surface area contributed by atoms with Gasteiger partial charge < -0.3 is 15.3 Å². The topological polar surface area (TPSA) is 72.9 Å². The van der Waals surface area contributed by atoms with Crippen LogP contribution in [0.1, 0.15) is 45.1 Å². The van der Waals surface area contributed by atoms with Crippen molar-refractivity contribution in [2.45, 2.75) is 52.5 Å². The number of piperidine rings is 1. The van der Waals surface area contributed by atoms with Crippen molar-refractivity contribution < 1.29 is 14.7 Å². The van der Waals surface area contributed by atoms with Gasteiger partial charge >= 0.3 is 5.97 Å². The Hall–Kier alpha value is -3.38. The molecule has 194 valence electrons. The molecule has 0 aromatic heterocycles. The van der Waals surface area contributed by atoms with Gasteiger partial charge in [0.1, 0.15) is 6.04 Å². The zero-order valence-corrected chi connectivity index (χ0v) is 22.4. The summed E-state index contributed by atoms with van der Waals surface area (Å²) in [6.45, 7) is 11.4. The van der Waals surface area contributed by atoms with Gasteiger partial charge in [0.2, 0.25) is 0 Å². The Morgan fingerprint density at radius 2 is 1.78 bits per heavy atom. The standard InChI is InChI=1S/C27H33N3O3.C3H8/c1-19(17-22(29(3)4)18-30-16-9-8-15-25(30)27(32)33)26(31)28-24-14-10-13-23(20(24)2)21-11-6-5-7-12-21;1-3-2/h5-7,10-14,17,25H,1,8-9,15-16,18H2,2-4H3,(H,28,31)(H,32,33);3H2,1-2H3/b22-17-;. The van der Waals surface area contributed by atoms with Gasteiger partial charge in [-0.05, 0) is 55.1 Å². The van der Waals surface area contributed by atoms with Crippen molar-refractivity contribution in [3.63, 3.8) is 0 Å². The quantitative estimate of drug-likeness (QED) is 0.352. The second kappa shape index (κ2) is 14.2. The first-order valence-electron chi connectivity index (χ1n) is 12.7. The molecular weight excluding hydrogens is 450 g/mol. The molecule has 0 spiro atoms. The lowest BCUT2D eigenvalue weighted by Gasteiger charge is -2.35. The van der Waals surface area contributed by atoms with E-state index in [0.717, 1.165) is 47.5 Å². The van der Waals surface area contributed by atoms with Gasteiger partial charge in [0.15, 0.2) is 0 Å². The van der Waals surface area contributed by atoms with Crippen molar-refractivity contribution in [3.8, 4) is 11.1 Å². The molecule has 1 atom stereocenters. The fraction of sp³-hybridized carbons (Fsp3) is 0.400. The predicted molar refractivity (Wildman–Crippen MR) is 149 cm³/mol. The summed E-state index contributed by atoms with van der Waals surface area (Å²) in [5.74, 6) is -1.07. The summed E-state index contributed by atoms with van der Waals surface area (Å²) in [7, 11) is 3.79. The number of amides is 1. The number of likely N-dealkylation sites (tertiary alicyclic amines) is 1. The fourth-order valence-electron chi connectivity index (χ4n) is 4.15. The molecule has 1 unspecified atom stereocenters. The summed E-state index contributed by atoms with van der Waals surface area (Å²) >= 11 is 0. The van der Waals surface area contributed by atoms with Crippen LogP contribution in [-0.4, -0.2) is 60.0 Å². The largest absolute Gasteiger partial charge is 0.480 e. The van der Waals surface area contributed by atoms with E-state index in [1.54, 1.807) is 6.08 Å². The van der Waals surface area contributed by atoms with E-state index in [2.05, 4.69) is 25.7 Å². The van der Waals surface area contributed by atoms with E-state index < -0.39 is 12.0 Å². The van der Waals surface area contributed by atoms with Gasteiger partial charge in [-0.15, -0.1) is 0 Å². The second-order valence-electron chi connectivity index (χ2n) is 9.38. The maximum absolute atomic E-state index is 13.0. The van der Waals surface area contributed by atoms with Gasteiger partial charge in [0.05, 0.1) is 0 Å². The van der Waals surface area contributed by atoms with E-state index in [1.165, 1.54) is 6.42 Å². The lowest BCUT2D eigenvalue weighted by molar-refractivity contribution is -0.144. The minimum absolute atomic E-state index is 0.281. The number of carboxylic acids is 1. The lowest BCUT2D eigenvalue weighted by Crippen LogP contribution is -2.46. The molecule has 1 saturated heterocycles. The molecule has 2 N–H and O–H groups in total. The highest BCUT2D eigenvalue weighted by molar-refractivity contribution is 6.06. The van der Waals surface area contributed by atoms with Gasteiger partial charge in [0.25, 0.3) is 5.91 Å². The molecule has 6 nitrogen and oxygen atoms in total. The third-order valence-corrected chi connectivity index (χ3v) is 6.14. The highest BCUT2D eigenvalue weighted by Crippen LogP contribution is 2.28. The number of aliphatic carboxylic acids is 1. The Balaban J connectivity index is 0.00000145. The second-order valence-corrected chi connectivity index (χ2v) is 9.38. The minimum Gasteiger partial charge on any atom is -0.480 e. The summed E-state index contributed by atoms with van der Waals surface area (Å²) in [5, 5.41) is 12.6. The number of carbonyl (C=O) groups excluding carboxylic acids is 1. The summed E-state index contributed by atoms with van der Waals surface area (Å²) < 4.78 is 0. The van der Waals surface area contributed by atoms with Crippen molar-refractivity contribution in [2.75, 3.05) is 32.5 Å². The molecule has 36 heavy (non-hydrogen) atoms. The van der Waals surface area contributed by atoms with E-state index in [9.17, 15) is 14.7 Å². The number of hydrogen-bond donors (Lipinski definition) is 2. The van der Waals surface area contributed by atoms with Crippen LogP contribution in [0.4, 0.5) is 5.69 Å². The monoisotopic (exact) mass is 491 g/mol. The zero-order chi connectivity index (χ0) is 26.7. The Labute approximate surface area is 216 Å². The van der Waals surface area contributed by atoms with Crippen LogP contribution in [-0.2, 0) is 9.59 Å². The van der Waals surface area contributed by atoms with Gasteiger partial charge in [-0.3, -0.25) is 14.5 Å². The van der Waals surface area contributed by atoms with Crippen LogP contribution in [0.5, 0.6) is 0 Å². The maximum atomic E-state index is 13.0. The number of anilines is 1. The smallest absolute Gasteiger partial charge is 0.320 e. The van der Waals surface area contributed by atoms with Crippen LogP contribution >= 0.6 is 0 Å². The van der Waals surface area contributed by atoms with E-state index in [4.69, 9.17) is 0 Å². The van der Waals surface area contributed by atoms with Gasteiger partial charge in [0, 0.05) is 37.6 Å². The zero-order valence-electron chi connectivity index (χ0n) is 22.4. The Kier molecular flexibility index (Phi) is 11.4. The molecule has 1 aliphatic heterocycles. The van der Waals surface area contributed by atoms with Crippen molar-refractivity contribution in [1.29, 1.82) is 0 Å². The third kappa shape index (κ3) is 8.09. The van der Waals surface area contributed by atoms with Crippen LogP contribution in [0, 0.1) is 6.92 Å². The van der Waals surface area contributed by atoms with Crippen LogP contribution in [0.2, 0.25) is 0 Å². The van der Waals surface area contributed by atoms with Gasteiger partial charge in [-0.25, -0.2) is 0 Å². The number of benzene rings is 2. The Morgan fingerprint density at radius 1 is 1.11 bits per heavy atom. The number of nitrogens with one attached hydrogen (secondary N) is 1. The molecular formula is C30H41N3O3. The average Bonchev–Trinajstić information content (AvgIpc) is 2.86. The van der Waals surface area contributed by atoms with Gasteiger partial charge in [-0.1, -0.05) is 75.7 Å². The molecule has 0 bridgehead atoms. The van der Waals surface area contributed by atoms with Crippen LogP contribution < -0.4 is 5.32 Å².